The van der Waals surface area contributed by atoms with Gasteiger partial charge < -0.3 is 5.11 Å². The smallest absolute Gasteiger partial charge is 0.167 e. The van der Waals surface area contributed by atoms with Crippen LogP contribution < -0.4 is 0 Å². The van der Waals surface area contributed by atoms with E-state index in [1.807, 2.05) is 0 Å². The molecule has 0 saturated heterocycles. The summed E-state index contributed by atoms with van der Waals surface area (Å²) in [6.07, 6.45) is 0. The van der Waals surface area contributed by atoms with Crippen molar-refractivity contribution in [2.45, 2.75) is 6.61 Å². The summed E-state index contributed by atoms with van der Waals surface area (Å²) in [4.78, 5) is 0. The lowest BCUT2D eigenvalue weighted by molar-refractivity contribution is 0.266. The first kappa shape index (κ1) is 11.7. The van der Waals surface area contributed by atoms with Gasteiger partial charge in [0, 0.05) is 5.56 Å². The van der Waals surface area contributed by atoms with Crippen molar-refractivity contribution in [3.63, 3.8) is 0 Å². The molecule has 0 unspecified atom stereocenters. The van der Waals surface area contributed by atoms with E-state index in [9.17, 15) is 13.2 Å². The molecule has 0 bridgehead atoms. The maximum atomic E-state index is 13.7. The highest BCUT2D eigenvalue weighted by atomic mass is 19.2. The zero-order valence-electron chi connectivity index (χ0n) is 8.75. The van der Waals surface area contributed by atoms with E-state index >= 15 is 0 Å². The van der Waals surface area contributed by atoms with Gasteiger partial charge in [0.15, 0.2) is 11.6 Å². The van der Waals surface area contributed by atoms with Gasteiger partial charge in [0.05, 0.1) is 12.2 Å². The van der Waals surface area contributed by atoms with Gasteiger partial charge in [-0.1, -0.05) is 30.3 Å². The Morgan fingerprint density at radius 3 is 2.18 bits per heavy atom. The molecule has 0 aliphatic carbocycles. The number of aliphatic hydroxyl groups is 1. The van der Waals surface area contributed by atoms with E-state index in [0.29, 0.717) is 5.56 Å². The van der Waals surface area contributed by atoms with E-state index in [0.717, 1.165) is 6.07 Å². The summed E-state index contributed by atoms with van der Waals surface area (Å²) in [6, 6.07) is 9.00. The van der Waals surface area contributed by atoms with Crippen LogP contribution in [0.4, 0.5) is 13.2 Å². The Morgan fingerprint density at radius 1 is 0.941 bits per heavy atom. The van der Waals surface area contributed by atoms with E-state index in [4.69, 9.17) is 5.11 Å². The molecule has 0 aromatic heterocycles. The first-order valence-corrected chi connectivity index (χ1v) is 4.97. The van der Waals surface area contributed by atoms with Crippen molar-refractivity contribution in [3.05, 3.63) is 59.4 Å². The van der Waals surface area contributed by atoms with Crippen molar-refractivity contribution >= 4 is 0 Å². The molecule has 17 heavy (non-hydrogen) atoms. The third-order valence-corrected chi connectivity index (χ3v) is 2.50. The quantitative estimate of drug-likeness (QED) is 0.796. The number of rotatable bonds is 2. The summed E-state index contributed by atoms with van der Waals surface area (Å²) in [5, 5.41) is 8.74. The van der Waals surface area contributed by atoms with Gasteiger partial charge in [-0.25, -0.2) is 13.2 Å². The number of benzene rings is 2. The predicted molar refractivity (Wildman–Crippen MR) is 57.7 cm³/mol. The summed E-state index contributed by atoms with van der Waals surface area (Å²) in [5.74, 6) is -3.45. The van der Waals surface area contributed by atoms with Crippen LogP contribution in [0.1, 0.15) is 5.56 Å². The van der Waals surface area contributed by atoms with E-state index in [1.54, 1.807) is 30.3 Å². The molecule has 1 nitrogen and oxygen atoms in total. The zero-order valence-corrected chi connectivity index (χ0v) is 8.75. The predicted octanol–water partition coefficient (Wildman–Crippen LogP) is 3.26. The van der Waals surface area contributed by atoms with Gasteiger partial charge in [-0.2, -0.15) is 0 Å². The van der Waals surface area contributed by atoms with Gasteiger partial charge in [0.2, 0.25) is 0 Å². The lowest BCUT2D eigenvalue weighted by Gasteiger charge is -2.08. The number of hydrogen-bond acceptors (Lipinski definition) is 1. The SMILES string of the molecule is OCc1c(F)cc(-c2ccccc2)c(F)c1F. The highest BCUT2D eigenvalue weighted by Gasteiger charge is 2.18. The summed E-state index contributed by atoms with van der Waals surface area (Å²) < 4.78 is 40.5. The lowest BCUT2D eigenvalue weighted by atomic mass is 10.0. The van der Waals surface area contributed by atoms with Gasteiger partial charge in [0.25, 0.3) is 0 Å². The Kier molecular flexibility index (Phi) is 3.15. The van der Waals surface area contributed by atoms with Crippen molar-refractivity contribution in [1.82, 2.24) is 0 Å². The molecule has 2 rings (SSSR count). The monoisotopic (exact) mass is 238 g/mol. The maximum Gasteiger partial charge on any atom is 0.167 e. The molecule has 0 saturated carbocycles. The topological polar surface area (TPSA) is 20.2 Å². The zero-order chi connectivity index (χ0) is 12.4. The van der Waals surface area contributed by atoms with Gasteiger partial charge in [-0.15, -0.1) is 0 Å². The minimum atomic E-state index is -1.34. The molecule has 88 valence electrons. The molecule has 2 aromatic rings. The van der Waals surface area contributed by atoms with Gasteiger partial charge in [-0.05, 0) is 11.6 Å². The van der Waals surface area contributed by atoms with Crippen molar-refractivity contribution in [2.24, 2.45) is 0 Å². The van der Waals surface area contributed by atoms with E-state index in [-0.39, 0.29) is 5.56 Å². The van der Waals surface area contributed by atoms with E-state index < -0.39 is 29.6 Å². The second-order valence-electron chi connectivity index (χ2n) is 3.54. The summed E-state index contributed by atoms with van der Waals surface area (Å²) >= 11 is 0. The highest BCUT2D eigenvalue weighted by molar-refractivity contribution is 5.64. The van der Waals surface area contributed by atoms with Crippen LogP contribution in [0, 0.1) is 17.5 Å². The molecule has 0 fully saturated rings. The maximum absolute atomic E-state index is 13.7. The Bertz CT molecular complexity index is 538. The van der Waals surface area contributed by atoms with Crippen LogP contribution >= 0.6 is 0 Å². The first-order valence-electron chi connectivity index (χ1n) is 4.97. The molecule has 1 N–H and O–H groups in total. The molecule has 0 atom stereocenters. The molecule has 0 amide bonds. The Hall–Kier alpha value is -1.81. The number of hydrogen-bond donors (Lipinski definition) is 1. The minimum Gasteiger partial charge on any atom is -0.391 e. The Balaban J connectivity index is 2.65. The van der Waals surface area contributed by atoms with Crippen LogP contribution in [0.25, 0.3) is 11.1 Å². The Morgan fingerprint density at radius 2 is 1.59 bits per heavy atom. The van der Waals surface area contributed by atoms with Gasteiger partial charge >= 0.3 is 0 Å². The minimum absolute atomic E-state index is 0.155. The van der Waals surface area contributed by atoms with Gasteiger partial charge in [-0.3, -0.25) is 0 Å². The summed E-state index contributed by atoms with van der Waals surface area (Å²) in [6.45, 7) is -0.871. The Labute approximate surface area is 96.1 Å². The fraction of sp³-hybridized carbons (Fsp3) is 0.0769. The van der Waals surface area contributed by atoms with E-state index in [1.165, 1.54) is 0 Å². The standard InChI is InChI=1S/C13H9F3O/c14-11-6-9(8-4-2-1-3-5-8)12(15)13(16)10(11)7-17/h1-6,17H,7H2. The molecule has 0 spiro atoms. The fourth-order valence-electron chi connectivity index (χ4n) is 1.61. The highest BCUT2D eigenvalue weighted by Crippen LogP contribution is 2.28. The number of halogens is 3. The summed E-state index contributed by atoms with van der Waals surface area (Å²) in [5.41, 5.74) is -0.424. The van der Waals surface area contributed by atoms with E-state index in [2.05, 4.69) is 0 Å². The molecule has 0 radical (unpaired) electrons. The van der Waals surface area contributed by atoms with Crippen LogP contribution in [0.5, 0.6) is 0 Å². The average Bonchev–Trinajstić information content (AvgIpc) is 2.35. The molecule has 0 aliphatic rings. The molecule has 0 aliphatic heterocycles. The lowest BCUT2D eigenvalue weighted by Crippen LogP contribution is -2.01. The second kappa shape index (κ2) is 4.59. The van der Waals surface area contributed by atoms with Crippen LogP contribution in [0.2, 0.25) is 0 Å². The average molecular weight is 238 g/mol. The van der Waals surface area contributed by atoms with Crippen LogP contribution in [0.3, 0.4) is 0 Å². The van der Waals surface area contributed by atoms with Crippen molar-refractivity contribution in [1.29, 1.82) is 0 Å². The van der Waals surface area contributed by atoms with Crippen LogP contribution in [0.15, 0.2) is 36.4 Å². The third kappa shape index (κ3) is 2.03. The van der Waals surface area contributed by atoms with Crippen LogP contribution in [-0.4, -0.2) is 5.11 Å². The molecule has 4 heteroatoms. The van der Waals surface area contributed by atoms with Crippen LogP contribution in [-0.2, 0) is 6.61 Å². The third-order valence-electron chi connectivity index (χ3n) is 2.50. The fourth-order valence-corrected chi connectivity index (χ4v) is 1.61. The largest absolute Gasteiger partial charge is 0.391 e. The van der Waals surface area contributed by atoms with Crippen molar-refractivity contribution in [2.75, 3.05) is 0 Å². The summed E-state index contributed by atoms with van der Waals surface area (Å²) in [7, 11) is 0. The number of aliphatic hydroxyl groups excluding tert-OH is 1. The van der Waals surface area contributed by atoms with Crippen molar-refractivity contribution in [3.8, 4) is 11.1 Å². The molecular formula is C13H9F3O. The molecule has 2 aromatic carbocycles. The molecule has 0 heterocycles. The normalized spacial score (nSPS) is 10.6. The van der Waals surface area contributed by atoms with Gasteiger partial charge in [0.1, 0.15) is 5.82 Å². The second-order valence-corrected chi connectivity index (χ2v) is 3.54. The first-order chi connectivity index (χ1) is 8.15. The molecular weight excluding hydrogens is 229 g/mol. The van der Waals surface area contributed by atoms with Crippen molar-refractivity contribution < 1.29 is 18.3 Å².